The van der Waals surface area contributed by atoms with Crippen LogP contribution >= 0.6 is 27.7 Å². The summed E-state index contributed by atoms with van der Waals surface area (Å²) in [6, 6.07) is 15.1. The van der Waals surface area contributed by atoms with Crippen molar-refractivity contribution in [2.45, 2.75) is 19.2 Å². The molecule has 9 heteroatoms. The van der Waals surface area contributed by atoms with Crippen LogP contribution in [-0.2, 0) is 9.59 Å². The molecule has 0 saturated carbocycles. The summed E-state index contributed by atoms with van der Waals surface area (Å²) in [5.74, 6) is 0.910. The highest BCUT2D eigenvalue weighted by atomic mass is 79.9. The second-order valence-corrected chi connectivity index (χ2v) is 8.10. The van der Waals surface area contributed by atoms with Crippen molar-refractivity contribution >= 4 is 44.7 Å². The average Bonchev–Trinajstić information content (AvgIpc) is 3.10. The van der Waals surface area contributed by atoms with Gasteiger partial charge in [0.2, 0.25) is 11.8 Å². The molecular weight excluding hydrogens is 458 g/mol. The van der Waals surface area contributed by atoms with E-state index >= 15 is 0 Å². The monoisotopic (exact) mass is 477 g/mol. The van der Waals surface area contributed by atoms with Crippen molar-refractivity contribution in [3.8, 4) is 11.5 Å². The maximum Gasteiger partial charge on any atom is 0.241 e. The Bertz CT molecular complexity index is 923. The molecule has 29 heavy (non-hydrogen) atoms. The lowest BCUT2D eigenvalue weighted by Crippen LogP contribution is -2.25. The number of amidine groups is 1. The van der Waals surface area contributed by atoms with Gasteiger partial charge in [-0.15, -0.1) is 5.10 Å². The number of para-hydroxylation sites is 1. The number of hydrogen-bond acceptors (Lipinski definition) is 6. The normalized spacial score (nSPS) is 15.6. The molecule has 0 saturated heterocycles. The van der Waals surface area contributed by atoms with Gasteiger partial charge in [0.15, 0.2) is 5.17 Å². The Hall–Kier alpha value is -2.52. The second-order valence-electron chi connectivity index (χ2n) is 6.11. The second kappa shape index (κ2) is 9.80. The molecule has 152 valence electrons. The average molecular weight is 478 g/mol. The number of nitrogens with zero attached hydrogens (tertiary/aromatic N) is 2. The highest BCUT2D eigenvalue weighted by molar-refractivity contribution is 9.10. The summed E-state index contributed by atoms with van der Waals surface area (Å²) >= 11 is 4.75. The van der Waals surface area contributed by atoms with Crippen LogP contribution in [0.1, 0.15) is 24.8 Å². The Balaban J connectivity index is 1.72. The smallest absolute Gasteiger partial charge is 0.241 e. The van der Waals surface area contributed by atoms with Crippen LogP contribution in [0.3, 0.4) is 0 Å². The zero-order chi connectivity index (χ0) is 20.8. The minimum Gasteiger partial charge on any atom is -0.490 e. The Morgan fingerprint density at radius 1 is 1.14 bits per heavy atom. The van der Waals surface area contributed by atoms with E-state index in [4.69, 9.17) is 9.47 Å². The molecule has 2 amide bonds. The molecule has 2 aromatic rings. The molecule has 0 aliphatic carbocycles. The summed E-state index contributed by atoms with van der Waals surface area (Å²) < 4.78 is 12.4. The number of rotatable bonds is 6. The van der Waals surface area contributed by atoms with Crippen molar-refractivity contribution in [2.75, 3.05) is 13.2 Å². The molecule has 1 heterocycles. The van der Waals surface area contributed by atoms with Crippen molar-refractivity contribution in [2.24, 2.45) is 5.10 Å². The predicted octanol–water partition coefficient (Wildman–Crippen LogP) is 3.91. The van der Waals surface area contributed by atoms with Crippen molar-refractivity contribution in [1.29, 1.82) is 0 Å². The van der Waals surface area contributed by atoms with Gasteiger partial charge >= 0.3 is 0 Å². The van der Waals surface area contributed by atoms with Gasteiger partial charge in [-0.25, -0.2) is 5.01 Å². The summed E-state index contributed by atoms with van der Waals surface area (Å²) in [4.78, 5) is 23.5. The first-order valence-corrected chi connectivity index (χ1v) is 10.5. The number of nitrogens with one attached hydrogen (secondary N) is 1. The molecule has 0 bridgehead atoms. The van der Waals surface area contributed by atoms with E-state index in [2.05, 4.69) is 26.3 Å². The van der Waals surface area contributed by atoms with Gasteiger partial charge in [0.1, 0.15) is 30.1 Å². The maximum atomic E-state index is 12.1. The van der Waals surface area contributed by atoms with Crippen LogP contribution < -0.4 is 14.8 Å². The number of benzene rings is 2. The molecule has 1 aliphatic heterocycles. The third-order valence-electron chi connectivity index (χ3n) is 3.84. The van der Waals surface area contributed by atoms with Gasteiger partial charge in [-0.05, 0) is 30.3 Å². The Morgan fingerprint density at radius 2 is 1.86 bits per heavy atom. The number of hydrogen-bond donors (Lipinski definition) is 1. The fourth-order valence-electron chi connectivity index (χ4n) is 2.64. The first-order chi connectivity index (χ1) is 13.9. The van der Waals surface area contributed by atoms with Crippen molar-refractivity contribution in [1.82, 2.24) is 10.3 Å². The maximum absolute atomic E-state index is 12.1. The first kappa shape index (κ1) is 21.2. The SMILES string of the molecule is CC(=O)NC1=NN(C(C)=O)[C@@H](c2cc(Br)ccc2OCCOc2ccccc2)S1. The third-order valence-corrected chi connectivity index (χ3v) is 5.42. The van der Waals surface area contributed by atoms with Crippen LogP contribution in [0.15, 0.2) is 58.1 Å². The van der Waals surface area contributed by atoms with E-state index in [-0.39, 0.29) is 11.8 Å². The van der Waals surface area contributed by atoms with Crippen LogP contribution in [0.2, 0.25) is 0 Å². The quantitative estimate of drug-likeness (QED) is 0.637. The molecule has 3 rings (SSSR count). The molecule has 1 aliphatic rings. The number of halogens is 1. The van der Waals surface area contributed by atoms with E-state index in [1.165, 1.54) is 30.6 Å². The van der Waals surface area contributed by atoms with Crippen molar-refractivity contribution in [3.63, 3.8) is 0 Å². The first-order valence-electron chi connectivity index (χ1n) is 8.87. The van der Waals surface area contributed by atoms with Crippen LogP contribution in [0.25, 0.3) is 0 Å². The van der Waals surface area contributed by atoms with Gasteiger partial charge < -0.3 is 14.8 Å². The Labute approximate surface area is 181 Å². The molecule has 2 aromatic carbocycles. The van der Waals surface area contributed by atoms with Gasteiger partial charge in [0.05, 0.1) is 0 Å². The zero-order valence-corrected chi connectivity index (χ0v) is 18.3. The van der Waals surface area contributed by atoms with Gasteiger partial charge in [-0.2, -0.15) is 0 Å². The van der Waals surface area contributed by atoms with Gasteiger partial charge in [0.25, 0.3) is 0 Å². The summed E-state index contributed by atoms with van der Waals surface area (Å²) in [6.45, 7) is 3.54. The van der Waals surface area contributed by atoms with E-state index in [1.807, 2.05) is 48.5 Å². The molecule has 7 nitrogen and oxygen atoms in total. The number of carbonyl (C=O) groups excluding carboxylic acids is 2. The van der Waals surface area contributed by atoms with E-state index in [1.54, 1.807) is 0 Å². The number of amides is 2. The highest BCUT2D eigenvalue weighted by Gasteiger charge is 2.34. The Morgan fingerprint density at radius 3 is 2.55 bits per heavy atom. The van der Waals surface area contributed by atoms with Crippen molar-refractivity contribution in [3.05, 3.63) is 58.6 Å². The van der Waals surface area contributed by atoms with E-state index in [0.717, 1.165) is 15.8 Å². The van der Waals surface area contributed by atoms with Gasteiger partial charge in [-0.3, -0.25) is 9.59 Å². The molecule has 0 unspecified atom stereocenters. The predicted molar refractivity (Wildman–Crippen MR) is 116 cm³/mol. The molecule has 1 atom stereocenters. The molecule has 0 radical (unpaired) electrons. The minimum atomic E-state index is -0.447. The Kier molecular flexibility index (Phi) is 7.16. The van der Waals surface area contributed by atoms with Crippen LogP contribution in [0.4, 0.5) is 0 Å². The van der Waals surface area contributed by atoms with Crippen molar-refractivity contribution < 1.29 is 19.1 Å². The summed E-state index contributed by atoms with van der Waals surface area (Å²) in [6.07, 6.45) is 0. The number of ether oxygens (including phenoxy) is 2. The number of thioether (sulfide) groups is 1. The van der Waals surface area contributed by atoms with Crippen LogP contribution in [-0.4, -0.2) is 35.2 Å². The number of hydrazone groups is 1. The van der Waals surface area contributed by atoms with E-state index < -0.39 is 5.37 Å². The van der Waals surface area contributed by atoms with Gasteiger partial charge in [-0.1, -0.05) is 45.9 Å². The van der Waals surface area contributed by atoms with E-state index in [0.29, 0.717) is 24.1 Å². The van der Waals surface area contributed by atoms with E-state index in [9.17, 15) is 9.59 Å². The zero-order valence-electron chi connectivity index (χ0n) is 15.9. The largest absolute Gasteiger partial charge is 0.490 e. The fourth-order valence-corrected chi connectivity index (χ4v) is 4.17. The van der Waals surface area contributed by atoms with Crippen LogP contribution in [0.5, 0.6) is 11.5 Å². The topological polar surface area (TPSA) is 80.2 Å². The molecule has 0 spiro atoms. The van der Waals surface area contributed by atoms with Crippen LogP contribution in [0, 0.1) is 0 Å². The lowest BCUT2D eigenvalue weighted by Gasteiger charge is -2.22. The fraction of sp³-hybridized carbons (Fsp3) is 0.250. The molecule has 0 fully saturated rings. The molecule has 1 N–H and O–H groups in total. The summed E-state index contributed by atoms with van der Waals surface area (Å²) in [7, 11) is 0. The summed E-state index contributed by atoms with van der Waals surface area (Å²) in [5, 5.41) is 8.13. The standard InChI is InChI=1S/C20H20BrN3O4S/c1-13(25)22-20-23-24(14(2)26)19(29-20)17-12-15(21)8-9-18(17)28-11-10-27-16-6-4-3-5-7-16/h3-9,12,19H,10-11H2,1-2H3,(H,22,23,25)/t19-/m1/s1. The molecule has 0 aromatic heterocycles. The number of carbonyl (C=O) groups is 2. The lowest BCUT2D eigenvalue weighted by molar-refractivity contribution is -0.129. The highest BCUT2D eigenvalue weighted by Crippen LogP contribution is 2.43. The summed E-state index contributed by atoms with van der Waals surface area (Å²) in [5.41, 5.74) is 0.767. The van der Waals surface area contributed by atoms with Gasteiger partial charge in [0, 0.05) is 23.9 Å². The third kappa shape index (κ3) is 5.74. The lowest BCUT2D eigenvalue weighted by atomic mass is 10.2. The molecular formula is C20H20BrN3O4S. The minimum absolute atomic E-state index is 0.235.